The number of anilines is 2. The van der Waals surface area contributed by atoms with Crippen LogP contribution in [0, 0.1) is 19.8 Å². The molecule has 0 unspecified atom stereocenters. The lowest BCUT2D eigenvalue weighted by Crippen LogP contribution is -2.46. The summed E-state index contributed by atoms with van der Waals surface area (Å²) in [5.74, 6) is -0.217. The highest BCUT2D eigenvalue weighted by atomic mass is 32.2. The van der Waals surface area contributed by atoms with Gasteiger partial charge < -0.3 is 15.1 Å². The summed E-state index contributed by atoms with van der Waals surface area (Å²) in [5, 5.41) is 3.08. The van der Waals surface area contributed by atoms with Gasteiger partial charge in [-0.2, -0.15) is 4.31 Å². The van der Waals surface area contributed by atoms with E-state index in [4.69, 9.17) is 0 Å². The van der Waals surface area contributed by atoms with Crippen LogP contribution in [-0.2, 0) is 14.8 Å². The van der Waals surface area contributed by atoms with Crippen LogP contribution < -0.4 is 10.2 Å². The number of aryl methyl sites for hydroxylation is 2. The zero-order valence-corrected chi connectivity index (χ0v) is 21.3. The fourth-order valence-corrected chi connectivity index (χ4v) is 6.23. The Morgan fingerprint density at radius 1 is 0.941 bits per heavy atom. The fourth-order valence-electron chi connectivity index (χ4n) is 4.76. The number of benzene rings is 2. The Kier molecular flexibility index (Phi) is 7.60. The van der Waals surface area contributed by atoms with Crippen LogP contribution in [0.1, 0.15) is 30.9 Å². The van der Waals surface area contributed by atoms with Crippen molar-refractivity contribution in [3.63, 3.8) is 0 Å². The molecule has 0 aromatic heterocycles. The van der Waals surface area contributed by atoms with Crippen molar-refractivity contribution in [1.29, 1.82) is 0 Å². The van der Waals surface area contributed by atoms with E-state index >= 15 is 0 Å². The molecule has 34 heavy (non-hydrogen) atoms. The van der Waals surface area contributed by atoms with Gasteiger partial charge in [0.25, 0.3) is 0 Å². The molecule has 0 spiro atoms. The molecular formula is C26H36N4O3S. The molecule has 2 heterocycles. The van der Waals surface area contributed by atoms with E-state index in [0.29, 0.717) is 30.8 Å². The maximum absolute atomic E-state index is 12.9. The molecule has 184 valence electrons. The Morgan fingerprint density at radius 3 is 2.18 bits per heavy atom. The van der Waals surface area contributed by atoms with E-state index in [1.54, 1.807) is 12.1 Å². The van der Waals surface area contributed by atoms with Gasteiger partial charge in [-0.15, -0.1) is 0 Å². The van der Waals surface area contributed by atoms with Gasteiger partial charge in [0.05, 0.1) is 4.90 Å². The van der Waals surface area contributed by atoms with Crippen molar-refractivity contribution in [3.8, 4) is 0 Å². The molecule has 4 rings (SSSR count). The SMILES string of the molecule is CCN1CCN(c2ccc(NC(=O)C3CCN(S(=O)(=O)c4ccc(C)cc4)CC3)c(C)c2)CC1. The minimum atomic E-state index is -3.52. The Hall–Kier alpha value is -2.42. The van der Waals surface area contributed by atoms with Crippen LogP contribution in [0.5, 0.6) is 0 Å². The lowest BCUT2D eigenvalue weighted by molar-refractivity contribution is -0.120. The first-order valence-electron chi connectivity index (χ1n) is 12.2. The van der Waals surface area contributed by atoms with E-state index in [1.807, 2.05) is 32.0 Å². The predicted octanol–water partition coefficient (Wildman–Crippen LogP) is 3.48. The summed E-state index contributed by atoms with van der Waals surface area (Å²) in [6.45, 7) is 12.1. The minimum absolute atomic E-state index is 0.0280. The van der Waals surface area contributed by atoms with Gasteiger partial charge in [0.2, 0.25) is 15.9 Å². The number of hydrogen-bond acceptors (Lipinski definition) is 5. The summed E-state index contributed by atoms with van der Waals surface area (Å²) >= 11 is 0. The average molecular weight is 485 g/mol. The van der Waals surface area contributed by atoms with Gasteiger partial charge in [0.1, 0.15) is 0 Å². The van der Waals surface area contributed by atoms with Crippen molar-refractivity contribution in [2.24, 2.45) is 5.92 Å². The Labute approximate surface area is 203 Å². The summed E-state index contributed by atoms with van der Waals surface area (Å²) in [7, 11) is -3.52. The van der Waals surface area contributed by atoms with Gasteiger partial charge in [0.15, 0.2) is 0 Å². The van der Waals surface area contributed by atoms with Crippen LogP contribution in [0.15, 0.2) is 47.4 Å². The predicted molar refractivity (Wildman–Crippen MR) is 137 cm³/mol. The van der Waals surface area contributed by atoms with E-state index in [1.165, 1.54) is 9.99 Å². The zero-order valence-electron chi connectivity index (χ0n) is 20.5. The van der Waals surface area contributed by atoms with Gasteiger partial charge in [0, 0.05) is 56.6 Å². The second-order valence-corrected chi connectivity index (χ2v) is 11.3. The summed E-state index contributed by atoms with van der Waals surface area (Å²) < 4.78 is 27.4. The van der Waals surface area contributed by atoms with Crippen LogP contribution in [0.25, 0.3) is 0 Å². The van der Waals surface area contributed by atoms with Gasteiger partial charge >= 0.3 is 0 Å². The molecule has 0 aliphatic carbocycles. The summed E-state index contributed by atoms with van der Waals surface area (Å²) in [6.07, 6.45) is 1.05. The fraction of sp³-hybridized carbons (Fsp3) is 0.500. The second kappa shape index (κ2) is 10.5. The number of sulfonamides is 1. The molecule has 2 saturated heterocycles. The Morgan fingerprint density at radius 2 is 1.59 bits per heavy atom. The number of carbonyl (C=O) groups is 1. The molecular weight excluding hydrogens is 448 g/mol. The number of piperazine rings is 1. The van der Waals surface area contributed by atoms with Crippen LogP contribution >= 0.6 is 0 Å². The van der Waals surface area contributed by atoms with E-state index < -0.39 is 10.0 Å². The molecule has 0 atom stereocenters. The monoisotopic (exact) mass is 484 g/mol. The van der Waals surface area contributed by atoms with Gasteiger partial charge in [-0.1, -0.05) is 24.6 Å². The van der Waals surface area contributed by atoms with Gasteiger partial charge in [-0.3, -0.25) is 4.79 Å². The number of nitrogens with one attached hydrogen (secondary N) is 1. The highest BCUT2D eigenvalue weighted by molar-refractivity contribution is 7.89. The molecule has 2 aliphatic heterocycles. The van der Waals surface area contributed by atoms with Crippen LogP contribution in [0.2, 0.25) is 0 Å². The third-order valence-electron chi connectivity index (χ3n) is 7.14. The summed E-state index contributed by atoms with van der Waals surface area (Å²) in [4.78, 5) is 18.1. The lowest BCUT2D eigenvalue weighted by atomic mass is 9.97. The smallest absolute Gasteiger partial charge is 0.243 e. The van der Waals surface area contributed by atoms with E-state index in [2.05, 4.69) is 34.2 Å². The minimum Gasteiger partial charge on any atom is -0.369 e. The van der Waals surface area contributed by atoms with Crippen LogP contribution in [0.3, 0.4) is 0 Å². The molecule has 2 aromatic carbocycles. The molecule has 0 radical (unpaired) electrons. The summed E-state index contributed by atoms with van der Waals surface area (Å²) in [6, 6.07) is 13.2. The molecule has 0 bridgehead atoms. The van der Waals surface area contributed by atoms with Crippen molar-refractivity contribution >= 4 is 27.3 Å². The molecule has 0 saturated carbocycles. The number of hydrogen-bond donors (Lipinski definition) is 1. The number of rotatable bonds is 6. The van der Waals surface area contributed by atoms with Gasteiger partial charge in [-0.05, 0) is 69.1 Å². The maximum atomic E-state index is 12.9. The molecule has 1 N–H and O–H groups in total. The third kappa shape index (κ3) is 5.45. The molecule has 2 fully saturated rings. The average Bonchev–Trinajstić information content (AvgIpc) is 2.85. The lowest BCUT2D eigenvalue weighted by Gasteiger charge is -2.35. The third-order valence-corrected chi connectivity index (χ3v) is 9.05. The first-order valence-corrected chi connectivity index (χ1v) is 13.7. The van der Waals surface area contributed by atoms with Crippen LogP contribution in [-0.4, -0.2) is 69.3 Å². The van der Waals surface area contributed by atoms with Crippen molar-refractivity contribution < 1.29 is 13.2 Å². The highest BCUT2D eigenvalue weighted by Crippen LogP contribution is 2.27. The largest absolute Gasteiger partial charge is 0.369 e. The number of amides is 1. The highest BCUT2D eigenvalue weighted by Gasteiger charge is 2.32. The number of piperidine rings is 1. The van der Waals surface area contributed by atoms with Gasteiger partial charge in [-0.25, -0.2) is 8.42 Å². The van der Waals surface area contributed by atoms with Crippen LogP contribution in [0.4, 0.5) is 11.4 Å². The van der Waals surface area contributed by atoms with E-state index in [9.17, 15) is 13.2 Å². The topological polar surface area (TPSA) is 73.0 Å². The van der Waals surface area contributed by atoms with E-state index in [0.717, 1.165) is 49.5 Å². The zero-order chi connectivity index (χ0) is 24.3. The number of nitrogens with zero attached hydrogens (tertiary/aromatic N) is 3. The molecule has 2 aliphatic rings. The normalized spacial score (nSPS) is 18.7. The Balaban J connectivity index is 1.33. The second-order valence-electron chi connectivity index (χ2n) is 9.40. The first kappa shape index (κ1) is 24.7. The summed E-state index contributed by atoms with van der Waals surface area (Å²) in [5.41, 5.74) is 4.09. The molecule has 8 heteroatoms. The van der Waals surface area contributed by atoms with Crippen molar-refractivity contribution in [2.45, 2.75) is 38.5 Å². The molecule has 1 amide bonds. The standard InChI is InChI=1S/C26H36N4O3S/c1-4-28-15-17-29(18-16-28)23-7-10-25(21(3)19-23)27-26(31)22-11-13-30(14-12-22)34(32,33)24-8-5-20(2)6-9-24/h5-10,19,22H,4,11-18H2,1-3H3,(H,27,31). The van der Waals surface area contributed by atoms with Crippen molar-refractivity contribution in [3.05, 3.63) is 53.6 Å². The number of carbonyl (C=O) groups excluding carboxylic acids is 1. The Bertz CT molecular complexity index is 1100. The maximum Gasteiger partial charge on any atom is 0.243 e. The molecule has 7 nitrogen and oxygen atoms in total. The van der Waals surface area contributed by atoms with Crippen molar-refractivity contribution in [1.82, 2.24) is 9.21 Å². The molecule has 2 aromatic rings. The van der Waals surface area contributed by atoms with Crippen molar-refractivity contribution in [2.75, 3.05) is 56.0 Å². The quantitative estimate of drug-likeness (QED) is 0.680. The van der Waals surface area contributed by atoms with E-state index in [-0.39, 0.29) is 11.8 Å². The first-order chi connectivity index (χ1) is 16.3. The number of likely N-dealkylation sites (N-methyl/N-ethyl adjacent to an activating group) is 1.